The van der Waals surface area contributed by atoms with Gasteiger partial charge in [0.2, 0.25) is 0 Å². The van der Waals surface area contributed by atoms with E-state index >= 15 is 0 Å². The maximum absolute atomic E-state index is 13.3. The fraction of sp³-hybridized carbons (Fsp3) is 0.292. The van der Waals surface area contributed by atoms with E-state index in [0.29, 0.717) is 50.3 Å². The Morgan fingerprint density at radius 2 is 2.09 bits per heavy atom. The molecule has 0 unspecified atom stereocenters. The molecule has 5 rings (SSSR count). The van der Waals surface area contributed by atoms with Crippen molar-refractivity contribution in [2.75, 3.05) is 26.3 Å². The van der Waals surface area contributed by atoms with Crippen LogP contribution in [0.2, 0.25) is 0 Å². The largest absolute Gasteiger partial charge is 0.378 e. The van der Waals surface area contributed by atoms with Crippen molar-refractivity contribution in [1.82, 2.24) is 24.0 Å². The Morgan fingerprint density at radius 3 is 2.88 bits per heavy atom. The molecule has 8 nitrogen and oxygen atoms in total. The first-order valence-corrected chi connectivity index (χ1v) is 10.7. The van der Waals surface area contributed by atoms with Gasteiger partial charge in [0.05, 0.1) is 30.6 Å². The molecule has 0 radical (unpaired) electrons. The van der Waals surface area contributed by atoms with Crippen molar-refractivity contribution in [3.8, 4) is 11.1 Å². The van der Waals surface area contributed by atoms with E-state index in [0.717, 1.165) is 27.5 Å². The first kappa shape index (κ1) is 20.3. The zero-order chi connectivity index (χ0) is 22.2. The Bertz CT molecular complexity index is 1390. The average Bonchev–Trinajstić information content (AvgIpc) is 3.46. The molecule has 1 aliphatic rings. The molecule has 4 heterocycles. The number of morpholine rings is 1. The van der Waals surface area contributed by atoms with E-state index in [4.69, 9.17) is 4.74 Å². The van der Waals surface area contributed by atoms with Crippen LogP contribution in [0.15, 0.2) is 54.4 Å². The summed E-state index contributed by atoms with van der Waals surface area (Å²) in [5.41, 5.74) is 4.43. The van der Waals surface area contributed by atoms with Crippen LogP contribution in [0.4, 0.5) is 0 Å². The quantitative estimate of drug-likeness (QED) is 0.493. The highest BCUT2D eigenvalue weighted by atomic mass is 16.5. The van der Waals surface area contributed by atoms with E-state index in [1.807, 2.05) is 40.9 Å². The maximum atomic E-state index is 13.3. The molecule has 1 amide bonds. The van der Waals surface area contributed by atoms with Gasteiger partial charge in [-0.3, -0.25) is 9.59 Å². The van der Waals surface area contributed by atoms with Crippen molar-refractivity contribution in [1.29, 1.82) is 0 Å². The highest BCUT2D eigenvalue weighted by Crippen LogP contribution is 2.33. The normalized spacial score (nSPS) is 14.3. The molecule has 32 heavy (non-hydrogen) atoms. The molecule has 8 heteroatoms. The SMILES string of the molecule is C=CCCn1cc(-c2cc(C(=O)N3CCOCC3)cc3c2ncn3C)c2cc[nH]c2c1=O. The van der Waals surface area contributed by atoms with Gasteiger partial charge in [0.1, 0.15) is 5.52 Å². The van der Waals surface area contributed by atoms with E-state index in [1.165, 1.54) is 0 Å². The summed E-state index contributed by atoms with van der Waals surface area (Å²) in [6.07, 6.45) is 7.86. The van der Waals surface area contributed by atoms with Crippen molar-refractivity contribution in [3.63, 3.8) is 0 Å². The number of carbonyl (C=O) groups is 1. The van der Waals surface area contributed by atoms with Crippen LogP contribution < -0.4 is 5.56 Å². The van der Waals surface area contributed by atoms with Crippen LogP contribution >= 0.6 is 0 Å². The lowest BCUT2D eigenvalue weighted by Gasteiger charge is -2.27. The molecule has 0 spiro atoms. The second-order valence-corrected chi connectivity index (χ2v) is 8.04. The minimum Gasteiger partial charge on any atom is -0.378 e. The Morgan fingerprint density at radius 1 is 1.28 bits per heavy atom. The molecule has 4 aromatic rings. The van der Waals surface area contributed by atoms with Crippen molar-refractivity contribution < 1.29 is 9.53 Å². The second kappa shape index (κ2) is 8.12. The van der Waals surface area contributed by atoms with Gasteiger partial charge in [-0.15, -0.1) is 6.58 Å². The van der Waals surface area contributed by atoms with Crippen LogP contribution in [0.25, 0.3) is 33.1 Å². The Balaban J connectivity index is 1.73. The number of benzene rings is 1. The highest BCUT2D eigenvalue weighted by molar-refractivity contribution is 6.06. The van der Waals surface area contributed by atoms with Gasteiger partial charge in [0.15, 0.2) is 0 Å². The minimum absolute atomic E-state index is 0.0251. The number of nitrogens with zero attached hydrogens (tertiary/aromatic N) is 4. The average molecular weight is 431 g/mol. The van der Waals surface area contributed by atoms with Crippen LogP contribution in [0.1, 0.15) is 16.8 Å². The maximum Gasteiger partial charge on any atom is 0.274 e. The summed E-state index contributed by atoms with van der Waals surface area (Å²) in [6.45, 7) is 6.54. The highest BCUT2D eigenvalue weighted by Gasteiger charge is 2.22. The number of rotatable bonds is 5. The summed E-state index contributed by atoms with van der Waals surface area (Å²) in [5, 5.41) is 0.813. The number of fused-ring (bicyclic) bond motifs is 2. The van der Waals surface area contributed by atoms with Crippen LogP contribution in [-0.4, -0.2) is 56.2 Å². The van der Waals surface area contributed by atoms with E-state index in [1.54, 1.807) is 23.2 Å². The number of allylic oxidation sites excluding steroid dienone is 1. The third-order valence-electron chi connectivity index (χ3n) is 6.04. The van der Waals surface area contributed by atoms with Crippen molar-refractivity contribution in [3.05, 3.63) is 65.5 Å². The van der Waals surface area contributed by atoms with E-state index in [-0.39, 0.29) is 11.5 Å². The molecule has 1 saturated heterocycles. The van der Waals surface area contributed by atoms with Crippen molar-refractivity contribution in [2.24, 2.45) is 7.05 Å². The van der Waals surface area contributed by atoms with E-state index in [2.05, 4.69) is 16.5 Å². The lowest BCUT2D eigenvalue weighted by molar-refractivity contribution is 0.0303. The number of aromatic nitrogens is 4. The number of hydrogen-bond donors (Lipinski definition) is 1. The van der Waals surface area contributed by atoms with Crippen molar-refractivity contribution >= 4 is 27.8 Å². The first-order chi connectivity index (χ1) is 15.6. The molecule has 1 fully saturated rings. The van der Waals surface area contributed by atoms with Crippen LogP contribution in [-0.2, 0) is 18.3 Å². The second-order valence-electron chi connectivity index (χ2n) is 8.04. The number of nitrogens with one attached hydrogen (secondary N) is 1. The number of amides is 1. The van der Waals surface area contributed by atoms with Gasteiger partial charge in [0, 0.05) is 61.2 Å². The standard InChI is InChI=1S/C24H25N5O3/c1-3-4-7-29-14-19(17-5-6-25-22(17)24(29)31)18-12-16(13-20-21(18)26-15-27(20)2)23(30)28-8-10-32-11-9-28/h3,5-6,12-15,25H,1,4,7-11H2,2H3. The van der Waals surface area contributed by atoms with Gasteiger partial charge in [-0.25, -0.2) is 4.98 Å². The molecular weight excluding hydrogens is 406 g/mol. The smallest absolute Gasteiger partial charge is 0.274 e. The topological polar surface area (TPSA) is 85.2 Å². The van der Waals surface area contributed by atoms with Gasteiger partial charge < -0.3 is 23.8 Å². The Labute approximate surface area is 184 Å². The number of carbonyl (C=O) groups excluding carboxylic acids is 1. The predicted octanol–water partition coefficient (Wildman–Crippen LogP) is 2.93. The number of imidazole rings is 1. The summed E-state index contributed by atoms with van der Waals surface area (Å²) < 4.78 is 9.01. The lowest BCUT2D eigenvalue weighted by Crippen LogP contribution is -2.40. The summed E-state index contributed by atoms with van der Waals surface area (Å²) in [4.78, 5) is 35.8. The van der Waals surface area contributed by atoms with Crippen LogP contribution in [0, 0.1) is 0 Å². The summed E-state index contributed by atoms with van der Waals surface area (Å²) >= 11 is 0. The monoisotopic (exact) mass is 431 g/mol. The molecule has 1 N–H and O–H groups in total. The third kappa shape index (κ3) is 3.33. The predicted molar refractivity (Wildman–Crippen MR) is 124 cm³/mol. The molecule has 0 aliphatic carbocycles. The molecule has 0 saturated carbocycles. The number of H-pyrrole nitrogens is 1. The van der Waals surface area contributed by atoms with Crippen LogP contribution in [0.3, 0.4) is 0 Å². The molecule has 3 aromatic heterocycles. The molecule has 1 aromatic carbocycles. The molecular formula is C24H25N5O3. The van der Waals surface area contributed by atoms with Crippen LogP contribution in [0.5, 0.6) is 0 Å². The summed E-state index contributed by atoms with van der Waals surface area (Å²) in [5.74, 6) is -0.0251. The number of aromatic amines is 1. The number of ether oxygens (including phenoxy) is 1. The summed E-state index contributed by atoms with van der Waals surface area (Å²) in [6, 6.07) is 5.69. The van der Waals surface area contributed by atoms with Gasteiger partial charge >= 0.3 is 0 Å². The van der Waals surface area contributed by atoms with Gasteiger partial charge in [-0.1, -0.05) is 6.08 Å². The fourth-order valence-electron chi connectivity index (χ4n) is 4.32. The van der Waals surface area contributed by atoms with E-state index < -0.39 is 0 Å². The molecule has 0 atom stereocenters. The number of hydrogen-bond acceptors (Lipinski definition) is 4. The zero-order valence-electron chi connectivity index (χ0n) is 18.0. The van der Waals surface area contributed by atoms with Gasteiger partial charge in [0.25, 0.3) is 11.5 Å². The van der Waals surface area contributed by atoms with Crippen molar-refractivity contribution in [2.45, 2.75) is 13.0 Å². The number of pyridine rings is 1. The zero-order valence-corrected chi connectivity index (χ0v) is 18.0. The lowest BCUT2D eigenvalue weighted by atomic mass is 9.99. The Kier molecular flexibility index (Phi) is 5.14. The molecule has 164 valence electrons. The van der Waals surface area contributed by atoms with Gasteiger partial charge in [-0.05, 0) is 24.6 Å². The number of aryl methyl sites for hydroxylation is 2. The molecule has 0 bridgehead atoms. The fourth-order valence-corrected chi connectivity index (χ4v) is 4.32. The van der Waals surface area contributed by atoms with E-state index in [9.17, 15) is 9.59 Å². The minimum atomic E-state index is -0.0755. The van der Waals surface area contributed by atoms with Gasteiger partial charge in [-0.2, -0.15) is 0 Å². The third-order valence-corrected chi connectivity index (χ3v) is 6.04. The molecule has 1 aliphatic heterocycles. The Hall–Kier alpha value is -3.65. The summed E-state index contributed by atoms with van der Waals surface area (Å²) in [7, 11) is 1.92. The first-order valence-electron chi connectivity index (χ1n) is 10.7.